The van der Waals surface area contributed by atoms with Crippen LogP contribution in [0.4, 0.5) is 0 Å². The summed E-state index contributed by atoms with van der Waals surface area (Å²) in [5.41, 5.74) is 2.18. The Hall–Kier alpha value is -3.22. The summed E-state index contributed by atoms with van der Waals surface area (Å²) in [5, 5.41) is 6.93. The Morgan fingerprint density at radius 2 is 2.04 bits per heavy atom. The molecule has 1 amide bonds. The first-order chi connectivity index (χ1) is 13.7. The van der Waals surface area contributed by atoms with E-state index in [1.165, 1.54) is 0 Å². The highest BCUT2D eigenvalue weighted by atomic mass is 16.5. The summed E-state index contributed by atoms with van der Waals surface area (Å²) in [6.07, 6.45) is 8.76. The number of nitrogens with zero attached hydrogens (tertiary/aromatic N) is 3. The normalized spacial score (nSPS) is 19.2. The van der Waals surface area contributed by atoms with Gasteiger partial charge in [-0.05, 0) is 50.3 Å². The van der Waals surface area contributed by atoms with E-state index in [-0.39, 0.29) is 23.7 Å². The van der Waals surface area contributed by atoms with Gasteiger partial charge >= 0.3 is 0 Å². The Morgan fingerprint density at radius 1 is 1.18 bits per heavy atom. The lowest BCUT2D eigenvalue weighted by molar-refractivity contribution is 0.0881. The van der Waals surface area contributed by atoms with E-state index in [1.807, 2.05) is 31.2 Å². The molecule has 3 heterocycles. The maximum Gasteiger partial charge on any atom is 0.273 e. The van der Waals surface area contributed by atoms with Gasteiger partial charge < -0.3 is 14.6 Å². The summed E-state index contributed by atoms with van der Waals surface area (Å²) >= 11 is 0. The number of hydrogen-bond acceptors (Lipinski definition) is 6. The fraction of sp³-hybridized carbons (Fsp3) is 0.333. The third-order valence-electron chi connectivity index (χ3n) is 4.87. The van der Waals surface area contributed by atoms with Crippen LogP contribution in [0, 0.1) is 6.92 Å². The van der Waals surface area contributed by atoms with Crippen molar-refractivity contribution in [3.05, 3.63) is 60.2 Å². The molecule has 1 aliphatic carbocycles. The van der Waals surface area contributed by atoms with Crippen molar-refractivity contribution in [1.29, 1.82) is 0 Å². The molecular weight excluding hydrogens is 356 g/mol. The number of aromatic nitrogens is 3. The molecular formula is C21H22N4O3. The second kappa shape index (κ2) is 8.21. The first-order valence-electron chi connectivity index (χ1n) is 9.44. The molecule has 0 bridgehead atoms. The molecule has 3 aromatic rings. The maximum absolute atomic E-state index is 12.5. The van der Waals surface area contributed by atoms with Gasteiger partial charge in [0.2, 0.25) is 5.88 Å². The van der Waals surface area contributed by atoms with E-state index in [9.17, 15) is 4.79 Å². The van der Waals surface area contributed by atoms with Crippen molar-refractivity contribution in [3.63, 3.8) is 0 Å². The monoisotopic (exact) mass is 378 g/mol. The van der Waals surface area contributed by atoms with Gasteiger partial charge in [0.05, 0.1) is 0 Å². The summed E-state index contributed by atoms with van der Waals surface area (Å²) in [7, 11) is 0. The number of amides is 1. The highest BCUT2D eigenvalue weighted by Crippen LogP contribution is 2.24. The maximum atomic E-state index is 12.5. The Morgan fingerprint density at radius 3 is 2.75 bits per heavy atom. The number of carbonyl (C=O) groups excluding carboxylic acids is 1. The molecule has 0 atom stereocenters. The van der Waals surface area contributed by atoms with E-state index < -0.39 is 0 Å². The molecule has 1 saturated carbocycles. The van der Waals surface area contributed by atoms with Crippen molar-refractivity contribution in [2.75, 3.05) is 0 Å². The first-order valence-corrected chi connectivity index (χ1v) is 9.44. The topological polar surface area (TPSA) is 90.1 Å². The molecule has 0 radical (unpaired) electrons. The van der Waals surface area contributed by atoms with Crippen molar-refractivity contribution < 1.29 is 14.1 Å². The van der Waals surface area contributed by atoms with Crippen molar-refractivity contribution in [2.45, 2.75) is 44.8 Å². The average Bonchev–Trinajstić information content (AvgIpc) is 3.22. The molecule has 1 N–H and O–H groups in total. The van der Waals surface area contributed by atoms with Gasteiger partial charge in [-0.3, -0.25) is 9.78 Å². The summed E-state index contributed by atoms with van der Waals surface area (Å²) in [6, 6.07) is 9.31. The van der Waals surface area contributed by atoms with E-state index in [2.05, 4.69) is 20.4 Å². The summed E-state index contributed by atoms with van der Waals surface area (Å²) in [5.74, 6) is 0.966. The van der Waals surface area contributed by atoms with Crippen molar-refractivity contribution in [3.8, 4) is 17.2 Å². The highest BCUT2D eigenvalue weighted by Gasteiger charge is 2.25. The van der Waals surface area contributed by atoms with Gasteiger partial charge in [-0.25, -0.2) is 4.98 Å². The summed E-state index contributed by atoms with van der Waals surface area (Å²) in [6.45, 7) is 2.00. The van der Waals surface area contributed by atoms with Gasteiger partial charge in [0, 0.05) is 42.3 Å². The van der Waals surface area contributed by atoms with Crippen LogP contribution in [-0.2, 0) is 0 Å². The Kier molecular flexibility index (Phi) is 5.32. The lowest BCUT2D eigenvalue weighted by atomic mass is 9.93. The molecule has 1 fully saturated rings. The number of ether oxygens (including phenoxy) is 1. The van der Waals surface area contributed by atoms with Crippen molar-refractivity contribution in [1.82, 2.24) is 20.4 Å². The molecule has 0 aliphatic heterocycles. The largest absolute Gasteiger partial charge is 0.474 e. The van der Waals surface area contributed by atoms with Crippen LogP contribution in [0.25, 0.3) is 11.3 Å². The predicted molar refractivity (Wildman–Crippen MR) is 103 cm³/mol. The Bertz CT molecular complexity index is 916. The number of nitrogens with one attached hydrogen (secondary N) is 1. The molecule has 0 unspecified atom stereocenters. The molecule has 4 rings (SSSR count). The quantitative estimate of drug-likeness (QED) is 0.730. The fourth-order valence-corrected chi connectivity index (χ4v) is 3.31. The number of rotatable bonds is 5. The molecule has 7 heteroatoms. The van der Waals surface area contributed by atoms with Crippen LogP contribution in [0.1, 0.15) is 41.7 Å². The van der Waals surface area contributed by atoms with Gasteiger partial charge in [-0.15, -0.1) is 0 Å². The zero-order valence-corrected chi connectivity index (χ0v) is 15.7. The van der Waals surface area contributed by atoms with Crippen LogP contribution in [0.15, 0.2) is 53.4 Å². The minimum Gasteiger partial charge on any atom is -0.474 e. The molecule has 1 aliphatic rings. The SMILES string of the molecule is Cc1ccc(OC2CCC(NC(=O)c3cc(-c4cccnc4)on3)CC2)nc1. The van der Waals surface area contributed by atoms with Crippen LogP contribution >= 0.6 is 0 Å². The van der Waals surface area contributed by atoms with Gasteiger partial charge in [0.25, 0.3) is 5.91 Å². The number of hydrogen-bond donors (Lipinski definition) is 1. The van der Waals surface area contributed by atoms with E-state index in [0.29, 0.717) is 11.6 Å². The average molecular weight is 378 g/mol. The Balaban J connectivity index is 1.28. The second-order valence-corrected chi connectivity index (χ2v) is 7.06. The van der Waals surface area contributed by atoms with Crippen LogP contribution in [-0.4, -0.2) is 33.2 Å². The Labute approximate surface area is 163 Å². The third-order valence-corrected chi connectivity index (χ3v) is 4.87. The molecule has 7 nitrogen and oxygen atoms in total. The smallest absolute Gasteiger partial charge is 0.273 e. The lowest BCUT2D eigenvalue weighted by Crippen LogP contribution is -2.39. The zero-order chi connectivity index (χ0) is 19.3. The molecule has 3 aromatic heterocycles. The lowest BCUT2D eigenvalue weighted by Gasteiger charge is -2.29. The first kappa shape index (κ1) is 18.2. The van der Waals surface area contributed by atoms with Gasteiger partial charge in [-0.1, -0.05) is 11.2 Å². The number of carbonyl (C=O) groups is 1. The van der Waals surface area contributed by atoms with Crippen LogP contribution < -0.4 is 10.1 Å². The van der Waals surface area contributed by atoms with Crippen LogP contribution in [0.2, 0.25) is 0 Å². The molecule has 0 saturated heterocycles. The summed E-state index contributed by atoms with van der Waals surface area (Å²) < 4.78 is 11.2. The van der Waals surface area contributed by atoms with Crippen LogP contribution in [0.3, 0.4) is 0 Å². The molecule has 0 spiro atoms. The van der Waals surface area contributed by atoms with Gasteiger partial charge in [-0.2, -0.15) is 0 Å². The number of aryl methyl sites for hydroxylation is 1. The predicted octanol–water partition coefficient (Wildman–Crippen LogP) is 3.56. The minimum atomic E-state index is -0.219. The van der Waals surface area contributed by atoms with E-state index >= 15 is 0 Å². The van der Waals surface area contributed by atoms with Crippen molar-refractivity contribution in [2.24, 2.45) is 0 Å². The fourth-order valence-electron chi connectivity index (χ4n) is 3.31. The van der Waals surface area contributed by atoms with Gasteiger partial charge in [0.15, 0.2) is 11.5 Å². The zero-order valence-electron chi connectivity index (χ0n) is 15.7. The number of pyridine rings is 2. The summed E-state index contributed by atoms with van der Waals surface area (Å²) in [4.78, 5) is 20.8. The molecule has 144 valence electrons. The highest BCUT2D eigenvalue weighted by molar-refractivity contribution is 5.93. The van der Waals surface area contributed by atoms with E-state index in [1.54, 1.807) is 24.7 Å². The standard InChI is InChI=1S/C21H22N4O3/c1-14-4-9-20(23-12-14)27-17-7-5-16(6-8-17)24-21(26)18-11-19(28-25-18)15-3-2-10-22-13-15/h2-4,9-13,16-17H,5-8H2,1H3,(H,24,26). The molecule has 28 heavy (non-hydrogen) atoms. The van der Waals surface area contributed by atoms with Crippen LogP contribution in [0.5, 0.6) is 5.88 Å². The minimum absolute atomic E-state index is 0.108. The third kappa shape index (κ3) is 4.36. The van der Waals surface area contributed by atoms with Crippen molar-refractivity contribution >= 4 is 5.91 Å². The van der Waals surface area contributed by atoms with E-state index in [4.69, 9.17) is 9.26 Å². The van der Waals surface area contributed by atoms with E-state index in [0.717, 1.165) is 36.8 Å². The van der Waals surface area contributed by atoms with Gasteiger partial charge in [0.1, 0.15) is 6.10 Å². The second-order valence-electron chi connectivity index (χ2n) is 7.06. The molecule has 0 aromatic carbocycles.